The van der Waals surface area contributed by atoms with Gasteiger partial charge in [0.1, 0.15) is 0 Å². The Labute approximate surface area is 426 Å². The summed E-state index contributed by atoms with van der Waals surface area (Å²) in [6, 6.07) is 108. The second-order valence-electron chi connectivity index (χ2n) is 18.6. The SMILES string of the molecule is c1ccc(-c2ccc(N(c3ccc(-c4ccc(N(c5ccccc5)c5cccc6ccccc56)cc4)cc3)c3ccc4c(ccc5cc(N(c6ccccc6)c6cccc7ccccc67)ccc54)c3)cc2)cc1. The van der Waals surface area contributed by atoms with E-state index in [0.29, 0.717) is 0 Å². The Morgan fingerprint density at radius 3 is 0.932 bits per heavy atom. The highest BCUT2D eigenvalue weighted by Gasteiger charge is 2.19. The molecule has 0 radical (unpaired) electrons. The molecule has 0 unspecified atom stereocenters. The van der Waals surface area contributed by atoms with Crippen molar-refractivity contribution in [2.24, 2.45) is 0 Å². The predicted molar refractivity (Wildman–Crippen MR) is 311 cm³/mol. The van der Waals surface area contributed by atoms with E-state index in [-0.39, 0.29) is 0 Å². The van der Waals surface area contributed by atoms with Crippen LogP contribution in [0, 0.1) is 0 Å². The fraction of sp³-hybridized carbons (Fsp3) is 0. The summed E-state index contributed by atoms with van der Waals surface area (Å²) in [4.78, 5) is 7.11. The first-order chi connectivity index (χ1) is 36.2. The molecular weight excluding hydrogens is 883 g/mol. The smallest absolute Gasteiger partial charge is 0.0540 e. The summed E-state index contributed by atoms with van der Waals surface area (Å²) in [5.41, 5.74) is 14.7. The summed E-state index contributed by atoms with van der Waals surface area (Å²) in [7, 11) is 0. The third kappa shape index (κ3) is 8.29. The standard InChI is InChI=1S/C70H49N3/c1-4-16-50(17-5-1)51-32-38-60(39-33-51)71(61-40-34-52(35-41-61)53-36-42-62(43-37-53)72(58-22-6-2-7-23-58)69-28-14-20-54-18-10-12-26-67(54)69)63-44-46-65-56(48-63)30-31-57-49-64(45-47-66(57)65)73(59-24-8-3-9-25-59)70-29-15-21-55-19-11-13-27-68(55)70/h1-49H. The number of fused-ring (bicyclic) bond motifs is 5. The molecule has 13 aromatic carbocycles. The van der Waals surface area contributed by atoms with Crippen molar-refractivity contribution in [1.29, 1.82) is 0 Å². The van der Waals surface area contributed by atoms with Crippen LogP contribution in [0.15, 0.2) is 297 Å². The Bertz CT molecular complexity index is 4050. The van der Waals surface area contributed by atoms with Crippen LogP contribution in [-0.4, -0.2) is 0 Å². The molecule has 73 heavy (non-hydrogen) atoms. The third-order valence-electron chi connectivity index (χ3n) is 14.2. The van der Waals surface area contributed by atoms with Crippen molar-refractivity contribution < 1.29 is 0 Å². The van der Waals surface area contributed by atoms with E-state index in [9.17, 15) is 0 Å². The van der Waals surface area contributed by atoms with Gasteiger partial charge in [0.15, 0.2) is 0 Å². The van der Waals surface area contributed by atoms with Gasteiger partial charge in [-0.3, -0.25) is 0 Å². The number of hydrogen-bond acceptors (Lipinski definition) is 3. The van der Waals surface area contributed by atoms with Crippen molar-refractivity contribution in [2.75, 3.05) is 14.7 Å². The van der Waals surface area contributed by atoms with Crippen LogP contribution < -0.4 is 14.7 Å². The molecule has 0 N–H and O–H groups in total. The molecular formula is C70H49N3. The number of anilines is 9. The Kier molecular flexibility index (Phi) is 11.2. The molecule has 0 atom stereocenters. The largest absolute Gasteiger partial charge is 0.310 e. The molecule has 3 heteroatoms. The highest BCUT2D eigenvalue weighted by Crippen LogP contribution is 2.44. The maximum absolute atomic E-state index is 2.38. The molecule has 3 nitrogen and oxygen atoms in total. The van der Waals surface area contributed by atoms with E-state index in [2.05, 4.69) is 312 Å². The van der Waals surface area contributed by atoms with E-state index >= 15 is 0 Å². The van der Waals surface area contributed by atoms with Gasteiger partial charge in [0, 0.05) is 50.6 Å². The summed E-state index contributed by atoms with van der Waals surface area (Å²) >= 11 is 0. The Hall–Kier alpha value is -9.70. The molecule has 0 aromatic heterocycles. The van der Waals surface area contributed by atoms with Gasteiger partial charge in [-0.25, -0.2) is 0 Å². The molecule has 0 aliphatic rings. The fourth-order valence-corrected chi connectivity index (χ4v) is 10.6. The van der Waals surface area contributed by atoms with Crippen molar-refractivity contribution in [1.82, 2.24) is 0 Å². The molecule has 0 aliphatic heterocycles. The molecule has 0 heterocycles. The molecule has 13 aromatic rings. The lowest BCUT2D eigenvalue weighted by molar-refractivity contribution is 1.29. The quantitative estimate of drug-likeness (QED) is 0.120. The topological polar surface area (TPSA) is 9.72 Å². The number of benzene rings is 13. The summed E-state index contributed by atoms with van der Waals surface area (Å²) in [6.07, 6.45) is 0. The number of nitrogens with zero attached hydrogens (tertiary/aromatic N) is 3. The minimum absolute atomic E-state index is 1.08. The van der Waals surface area contributed by atoms with E-state index in [1.165, 1.54) is 54.2 Å². The van der Waals surface area contributed by atoms with Gasteiger partial charge < -0.3 is 14.7 Å². The van der Waals surface area contributed by atoms with Crippen LogP contribution >= 0.6 is 0 Å². The molecule has 0 fully saturated rings. The van der Waals surface area contributed by atoms with Gasteiger partial charge in [0.2, 0.25) is 0 Å². The first-order valence-electron chi connectivity index (χ1n) is 25.0. The van der Waals surface area contributed by atoms with Crippen molar-refractivity contribution in [2.45, 2.75) is 0 Å². The zero-order chi connectivity index (χ0) is 48.5. The van der Waals surface area contributed by atoms with Crippen LogP contribution in [0.1, 0.15) is 0 Å². The third-order valence-corrected chi connectivity index (χ3v) is 14.2. The summed E-state index contributed by atoms with van der Waals surface area (Å²) < 4.78 is 0. The van der Waals surface area contributed by atoms with Crippen LogP contribution in [0.3, 0.4) is 0 Å². The fourth-order valence-electron chi connectivity index (χ4n) is 10.6. The maximum atomic E-state index is 2.38. The lowest BCUT2D eigenvalue weighted by Gasteiger charge is -2.27. The first-order valence-corrected chi connectivity index (χ1v) is 25.0. The normalized spacial score (nSPS) is 11.3. The Morgan fingerprint density at radius 2 is 0.479 bits per heavy atom. The Balaban J connectivity index is 0.856. The van der Waals surface area contributed by atoms with E-state index in [1.54, 1.807) is 0 Å². The number of hydrogen-bond donors (Lipinski definition) is 0. The summed E-state index contributed by atoms with van der Waals surface area (Å²) in [5.74, 6) is 0. The monoisotopic (exact) mass is 931 g/mol. The lowest BCUT2D eigenvalue weighted by atomic mass is 9.99. The number of rotatable bonds is 11. The van der Waals surface area contributed by atoms with Gasteiger partial charge in [0.05, 0.1) is 11.4 Å². The van der Waals surface area contributed by atoms with Crippen molar-refractivity contribution in [3.8, 4) is 22.3 Å². The second-order valence-corrected chi connectivity index (χ2v) is 18.6. The van der Waals surface area contributed by atoms with Crippen LogP contribution in [0.25, 0.3) is 65.3 Å². The molecule has 13 rings (SSSR count). The van der Waals surface area contributed by atoms with Gasteiger partial charge in [-0.2, -0.15) is 0 Å². The van der Waals surface area contributed by atoms with E-state index in [1.807, 2.05) is 0 Å². The molecule has 0 amide bonds. The average Bonchev–Trinajstić information content (AvgIpc) is 3.47. The number of para-hydroxylation sites is 2. The zero-order valence-corrected chi connectivity index (χ0v) is 40.1. The van der Waals surface area contributed by atoms with Gasteiger partial charge in [0.25, 0.3) is 0 Å². The van der Waals surface area contributed by atoms with Gasteiger partial charge in [-0.1, -0.05) is 200 Å². The van der Waals surface area contributed by atoms with Gasteiger partial charge in [-0.05, 0) is 152 Å². The summed E-state index contributed by atoms with van der Waals surface area (Å²) in [6.45, 7) is 0. The zero-order valence-electron chi connectivity index (χ0n) is 40.1. The van der Waals surface area contributed by atoms with Gasteiger partial charge in [-0.15, -0.1) is 0 Å². The second kappa shape index (κ2) is 18.9. The predicted octanol–water partition coefficient (Wildman–Crippen LogP) is 20.0. The van der Waals surface area contributed by atoms with Gasteiger partial charge >= 0.3 is 0 Å². The minimum Gasteiger partial charge on any atom is -0.310 e. The molecule has 344 valence electrons. The van der Waals surface area contributed by atoms with Crippen molar-refractivity contribution in [3.63, 3.8) is 0 Å². The van der Waals surface area contributed by atoms with E-state index < -0.39 is 0 Å². The Morgan fingerprint density at radius 1 is 0.164 bits per heavy atom. The van der Waals surface area contributed by atoms with Crippen LogP contribution in [0.5, 0.6) is 0 Å². The van der Waals surface area contributed by atoms with E-state index in [4.69, 9.17) is 0 Å². The highest BCUT2D eigenvalue weighted by molar-refractivity contribution is 6.10. The van der Waals surface area contributed by atoms with Crippen LogP contribution in [0.4, 0.5) is 51.2 Å². The lowest BCUT2D eigenvalue weighted by Crippen LogP contribution is -2.10. The molecule has 0 saturated carbocycles. The molecule has 0 spiro atoms. The maximum Gasteiger partial charge on any atom is 0.0540 e. The highest BCUT2D eigenvalue weighted by atomic mass is 15.2. The van der Waals surface area contributed by atoms with Crippen molar-refractivity contribution in [3.05, 3.63) is 297 Å². The average molecular weight is 932 g/mol. The molecule has 0 aliphatic carbocycles. The van der Waals surface area contributed by atoms with Crippen LogP contribution in [0.2, 0.25) is 0 Å². The van der Waals surface area contributed by atoms with E-state index in [0.717, 1.165) is 62.3 Å². The molecule has 0 saturated heterocycles. The summed E-state index contributed by atoms with van der Waals surface area (Å²) in [5, 5.41) is 9.67. The first kappa shape index (κ1) is 43.3. The van der Waals surface area contributed by atoms with Crippen molar-refractivity contribution >= 4 is 94.3 Å². The molecule has 0 bridgehead atoms. The minimum atomic E-state index is 1.08. The van der Waals surface area contributed by atoms with Crippen LogP contribution in [-0.2, 0) is 0 Å².